The van der Waals surface area contributed by atoms with Crippen LogP contribution in [0.1, 0.15) is 6.42 Å². The molecule has 5 nitrogen and oxygen atoms in total. The van der Waals surface area contributed by atoms with Crippen molar-refractivity contribution in [3.63, 3.8) is 0 Å². The summed E-state index contributed by atoms with van der Waals surface area (Å²) in [5.74, 6) is 0.0633. The standard InChI is InChI=1S/C15H20N4O/c16-7-4-10-19(14-5-2-1-3-6-14)15(20)13-18-11-8-17-9-12-18/h1-3,5-6,17H,4,8-13H2. The highest BCUT2D eigenvalue weighted by atomic mass is 16.2. The maximum Gasteiger partial charge on any atom is 0.241 e. The van der Waals surface area contributed by atoms with Crippen LogP contribution in [0.3, 0.4) is 0 Å². The second kappa shape index (κ2) is 7.63. The summed E-state index contributed by atoms with van der Waals surface area (Å²) in [7, 11) is 0. The molecule has 0 atom stereocenters. The van der Waals surface area contributed by atoms with Crippen molar-refractivity contribution >= 4 is 11.6 Å². The van der Waals surface area contributed by atoms with Crippen LogP contribution in [0.4, 0.5) is 5.69 Å². The fraction of sp³-hybridized carbons (Fsp3) is 0.467. The van der Waals surface area contributed by atoms with Gasteiger partial charge < -0.3 is 10.2 Å². The molecule has 2 rings (SSSR count). The molecule has 0 aliphatic carbocycles. The van der Waals surface area contributed by atoms with E-state index in [-0.39, 0.29) is 5.91 Å². The number of anilines is 1. The molecule has 1 amide bonds. The molecule has 106 valence electrons. The number of carbonyl (C=O) groups excluding carboxylic acids is 1. The Morgan fingerprint density at radius 2 is 2.00 bits per heavy atom. The Hall–Kier alpha value is -1.90. The lowest BCUT2D eigenvalue weighted by Crippen LogP contribution is -2.48. The van der Waals surface area contributed by atoms with E-state index in [4.69, 9.17) is 5.26 Å². The molecule has 1 heterocycles. The lowest BCUT2D eigenvalue weighted by molar-refractivity contribution is -0.119. The lowest BCUT2D eigenvalue weighted by Gasteiger charge is -2.29. The minimum absolute atomic E-state index is 0.0633. The highest BCUT2D eigenvalue weighted by Crippen LogP contribution is 2.14. The molecule has 0 radical (unpaired) electrons. The Morgan fingerprint density at radius 1 is 1.30 bits per heavy atom. The number of benzene rings is 1. The monoisotopic (exact) mass is 272 g/mol. The van der Waals surface area contributed by atoms with Crippen molar-refractivity contribution in [1.82, 2.24) is 10.2 Å². The molecule has 0 saturated carbocycles. The number of amides is 1. The smallest absolute Gasteiger partial charge is 0.241 e. The molecule has 20 heavy (non-hydrogen) atoms. The highest BCUT2D eigenvalue weighted by Gasteiger charge is 2.19. The number of para-hydroxylation sites is 1. The van der Waals surface area contributed by atoms with Gasteiger partial charge in [0.1, 0.15) is 0 Å². The first-order chi connectivity index (χ1) is 9.81. The van der Waals surface area contributed by atoms with Crippen LogP contribution in [-0.2, 0) is 4.79 Å². The number of carbonyl (C=O) groups is 1. The van der Waals surface area contributed by atoms with Crippen LogP contribution >= 0.6 is 0 Å². The summed E-state index contributed by atoms with van der Waals surface area (Å²) >= 11 is 0. The average molecular weight is 272 g/mol. The number of rotatable bonds is 5. The number of nitrogens with one attached hydrogen (secondary N) is 1. The zero-order chi connectivity index (χ0) is 14.2. The topological polar surface area (TPSA) is 59.4 Å². The van der Waals surface area contributed by atoms with Crippen molar-refractivity contribution in [2.75, 3.05) is 44.2 Å². The largest absolute Gasteiger partial charge is 0.314 e. The van der Waals surface area contributed by atoms with Crippen LogP contribution in [0, 0.1) is 11.3 Å². The molecule has 5 heteroatoms. The van der Waals surface area contributed by atoms with Crippen LogP contribution in [0.25, 0.3) is 0 Å². The van der Waals surface area contributed by atoms with E-state index in [1.165, 1.54) is 0 Å². The van der Waals surface area contributed by atoms with Gasteiger partial charge in [0, 0.05) is 38.4 Å². The van der Waals surface area contributed by atoms with Gasteiger partial charge in [0.2, 0.25) is 5.91 Å². The highest BCUT2D eigenvalue weighted by molar-refractivity contribution is 5.94. The summed E-state index contributed by atoms with van der Waals surface area (Å²) in [4.78, 5) is 16.3. The molecule has 0 bridgehead atoms. The molecule has 1 saturated heterocycles. The summed E-state index contributed by atoms with van der Waals surface area (Å²) in [5.41, 5.74) is 0.864. The van der Waals surface area contributed by atoms with Crippen molar-refractivity contribution in [2.24, 2.45) is 0 Å². The van der Waals surface area contributed by atoms with Crippen molar-refractivity contribution in [1.29, 1.82) is 5.26 Å². The molecule has 1 N–H and O–H groups in total. The van der Waals surface area contributed by atoms with Gasteiger partial charge in [0.05, 0.1) is 19.0 Å². The normalized spacial score (nSPS) is 15.6. The van der Waals surface area contributed by atoms with E-state index in [2.05, 4.69) is 16.3 Å². The zero-order valence-corrected chi connectivity index (χ0v) is 11.6. The third-order valence-electron chi connectivity index (χ3n) is 3.38. The first-order valence-corrected chi connectivity index (χ1v) is 6.96. The first-order valence-electron chi connectivity index (χ1n) is 6.96. The number of nitrogens with zero attached hydrogens (tertiary/aromatic N) is 3. The van der Waals surface area contributed by atoms with Crippen molar-refractivity contribution in [3.8, 4) is 6.07 Å². The van der Waals surface area contributed by atoms with E-state index in [1.54, 1.807) is 4.90 Å². The van der Waals surface area contributed by atoms with Crippen LogP contribution in [0.15, 0.2) is 30.3 Å². The lowest BCUT2D eigenvalue weighted by atomic mass is 10.2. The van der Waals surface area contributed by atoms with Gasteiger partial charge >= 0.3 is 0 Å². The molecule has 0 spiro atoms. The summed E-state index contributed by atoms with van der Waals surface area (Å²) in [5, 5.41) is 12.0. The minimum atomic E-state index is 0.0633. The molecule has 0 aromatic heterocycles. The van der Waals surface area contributed by atoms with Crippen LogP contribution < -0.4 is 10.2 Å². The SMILES string of the molecule is N#CCCN(C(=O)CN1CCNCC1)c1ccccc1. The maximum atomic E-state index is 12.5. The molecule has 1 fully saturated rings. The molecule has 1 aromatic rings. The fourth-order valence-electron chi connectivity index (χ4n) is 2.31. The maximum absolute atomic E-state index is 12.5. The van der Waals surface area contributed by atoms with Gasteiger partial charge in [-0.05, 0) is 12.1 Å². The summed E-state index contributed by atoms with van der Waals surface area (Å²) < 4.78 is 0. The zero-order valence-electron chi connectivity index (χ0n) is 11.6. The van der Waals surface area contributed by atoms with E-state index in [0.29, 0.717) is 19.5 Å². The Bertz CT molecular complexity index is 463. The van der Waals surface area contributed by atoms with Crippen LogP contribution in [0.2, 0.25) is 0 Å². The Morgan fingerprint density at radius 3 is 2.65 bits per heavy atom. The number of nitriles is 1. The molecule has 0 unspecified atom stereocenters. The predicted molar refractivity (Wildman–Crippen MR) is 78.3 cm³/mol. The quantitative estimate of drug-likeness (QED) is 0.863. The summed E-state index contributed by atoms with van der Waals surface area (Å²) in [6.07, 6.45) is 0.349. The van der Waals surface area contributed by atoms with Gasteiger partial charge in [0.15, 0.2) is 0 Å². The van der Waals surface area contributed by atoms with Gasteiger partial charge in [-0.15, -0.1) is 0 Å². The Kier molecular flexibility index (Phi) is 5.54. The van der Waals surface area contributed by atoms with Gasteiger partial charge in [0.25, 0.3) is 0 Å². The van der Waals surface area contributed by atoms with E-state index in [0.717, 1.165) is 31.9 Å². The van der Waals surface area contributed by atoms with Crippen molar-refractivity contribution in [2.45, 2.75) is 6.42 Å². The summed E-state index contributed by atoms with van der Waals surface area (Å²) in [6, 6.07) is 11.7. The third kappa shape index (κ3) is 4.05. The average Bonchev–Trinajstić information content (AvgIpc) is 2.50. The predicted octanol–water partition coefficient (Wildman–Crippen LogP) is 0.838. The van der Waals surface area contributed by atoms with Crippen LogP contribution in [-0.4, -0.2) is 50.1 Å². The van der Waals surface area contributed by atoms with Crippen LogP contribution in [0.5, 0.6) is 0 Å². The molecular weight excluding hydrogens is 252 g/mol. The summed E-state index contributed by atoms with van der Waals surface area (Å²) in [6.45, 7) is 4.51. The molecule has 1 aromatic carbocycles. The molecule has 1 aliphatic rings. The number of hydrogen-bond acceptors (Lipinski definition) is 4. The Balaban J connectivity index is 2.02. The van der Waals surface area contributed by atoms with Crippen molar-refractivity contribution < 1.29 is 4.79 Å². The van der Waals surface area contributed by atoms with E-state index in [1.807, 2.05) is 30.3 Å². The number of hydrogen-bond donors (Lipinski definition) is 1. The van der Waals surface area contributed by atoms with E-state index < -0.39 is 0 Å². The van der Waals surface area contributed by atoms with E-state index in [9.17, 15) is 4.79 Å². The van der Waals surface area contributed by atoms with Gasteiger partial charge in [-0.2, -0.15) is 5.26 Å². The number of piperazine rings is 1. The van der Waals surface area contributed by atoms with Gasteiger partial charge in [-0.1, -0.05) is 18.2 Å². The Labute approximate surface area is 119 Å². The van der Waals surface area contributed by atoms with E-state index >= 15 is 0 Å². The molecule has 1 aliphatic heterocycles. The minimum Gasteiger partial charge on any atom is -0.314 e. The van der Waals surface area contributed by atoms with Gasteiger partial charge in [-0.3, -0.25) is 9.69 Å². The van der Waals surface area contributed by atoms with Crippen molar-refractivity contribution in [3.05, 3.63) is 30.3 Å². The second-order valence-corrected chi connectivity index (χ2v) is 4.82. The van der Waals surface area contributed by atoms with Gasteiger partial charge in [-0.25, -0.2) is 0 Å². The fourth-order valence-corrected chi connectivity index (χ4v) is 2.31. The first kappa shape index (κ1) is 14.5. The third-order valence-corrected chi connectivity index (χ3v) is 3.38. The second-order valence-electron chi connectivity index (χ2n) is 4.82. The molecular formula is C15H20N4O.